The Morgan fingerprint density at radius 3 is 3.19 bits per heavy atom. The molecule has 1 aliphatic heterocycles. The number of pyridine rings is 1. The molecular weight excluding hydrogens is 222 g/mol. The van der Waals surface area contributed by atoms with Crippen LogP contribution in [0, 0.1) is 0 Å². The SMILES string of the molecule is Clc1cccc2nc(CC3CCCN3)cn12. The highest BCUT2D eigenvalue weighted by Crippen LogP contribution is 2.16. The minimum atomic E-state index is 0.587. The van der Waals surface area contributed by atoms with E-state index >= 15 is 0 Å². The van der Waals surface area contributed by atoms with Crippen LogP contribution in [-0.4, -0.2) is 22.0 Å². The molecule has 2 aromatic rings. The van der Waals surface area contributed by atoms with E-state index in [2.05, 4.69) is 10.3 Å². The number of halogens is 1. The standard InChI is InChI=1S/C12H14ClN3/c13-11-4-1-5-12-15-10(8-16(11)12)7-9-3-2-6-14-9/h1,4-5,8-9,14H,2-3,6-7H2. The molecule has 1 aliphatic rings. The van der Waals surface area contributed by atoms with E-state index < -0.39 is 0 Å². The van der Waals surface area contributed by atoms with Crippen molar-refractivity contribution in [1.29, 1.82) is 0 Å². The third kappa shape index (κ3) is 1.81. The van der Waals surface area contributed by atoms with Crippen LogP contribution in [-0.2, 0) is 6.42 Å². The van der Waals surface area contributed by atoms with Crippen molar-refractivity contribution < 1.29 is 0 Å². The van der Waals surface area contributed by atoms with Gasteiger partial charge in [-0.15, -0.1) is 0 Å². The van der Waals surface area contributed by atoms with Crippen LogP contribution in [0.3, 0.4) is 0 Å². The van der Waals surface area contributed by atoms with Crippen molar-refractivity contribution >= 4 is 17.2 Å². The van der Waals surface area contributed by atoms with Crippen LogP contribution in [0.2, 0.25) is 5.15 Å². The molecule has 2 aromatic heterocycles. The van der Waals surface area contributed by atoms with Gasteiger partial charge in [0.2, 0.25) is 0 Å². The predicted octanol–water partition coefficient (Wildman–Crippen LogP) is 2.28. The zero-order valence-corrected chi connectivity index (χ0v) is 9.74. The highest BCUT2D eigenvalue weighted by Gasteiger charge is 2.16. The van der Waals surface area contributed by atoms with Gasteiger partial charge in [-0.05, 0) is 31.5 Å². The summed E-state index contributed by atoms with van der Waals surface area (Å²) in [4.78, 5) is 4.58. The monoisotopic (exact) mass is 235 g/mol. The third-order valence-electron chi connectivity index (χ3n) is 3.11. The number of nitrogens with one attached hydrogen (secondary N) is 1. The molecule has 0 radical (unpaired) electrons. The van der Waals surface area contributed by atoms with Gasteiger partial charge < -0.3 is 5.32 Å². The number of nitrogens with zero attached hydrogens (tertiary/aromatic N) is 2. The molecule has 84 valence electrons. The second-order valence-electron chi connectivity index (χ2n) is 4.31. The Hall–Kier alpha value is -1.06. The predicted molar refractivity (Wildman–Crippen MR) is 64.9 cm³/mol. The molecule has 1 N–H and O–H groups in total. The zero-order valence-electron chi connectivity index (χ0n) is 8.99. The van der Waals surface area contributed by atoms with E-state index in [1.54, 1.807) is 0 Å². The fourth-order valence-corrected chi connectivity index (χ4v) is 2.52. The maximum absolute atomic E-state index is 6.09. The van der Waals surface area contributed by atoms with Crippen LogP contribution in [0.1, 0.15) is 18.5 Å². The van der Waals surface area contributed by atoms with Gasteiger partial charge in [0.15, 0.2) is 0 Å². The van der Waals surface area contributed by atoms with Crippen molar-refractivity contribution in [1.82, 2.24) is 14.7 Å². The van der Waals surface area contributed by atoms with Crippen LogP contribution in [0.4, 0.5) is 0 Å². The molecular formula is C12H14ClN3. The van der Waals surface area contributed by atoms with E-state index in [0.717, 1.165) is 29.5 Å². The molecule has 0 bridgehead atoms. The molecule has 16 heavy (non-hydrogen) atoms. The Morgan fingerprint density at radius 2 is 2.44 bits per heavy atom. The number of aromatic nitrogens is 2. The van der Waals surface area contributed by atoms with Crippen LogP contribution in [0.25, 0.3) is 5.65 Å². The molecule has 0 aliphatic carbocycles. The third-order valence-corrected chi connectivity index (χ3v) is 3.42. The first-order valence-corrected chi connectivity index (χ1v) is 6.06. The molecule has 1 saturated heterocycles. The first-order chi connectivity index (χ1) is 7.83. The van der Waals surface area contributed by atoms with Crippen molar-refractivity contribution in [3.05, 3.63) is 35.2 Å². The number of hydrogen-bond donors (Lipinski definition) is 1. The maximum Gasteiger partial charge on any atom is 0.138 e. The Morgan fingerprint density at radius 1 is 1.50 bits per heavy atom. The zero-order chi connectivity index (χ0) is 11.0. The molecule has 0 saturated carbocycles. The van der Waals surface area contributed by atoms with Crippen molar-refractivity contribution in [2.45, 2.75) is 25.3 Å². The van der Waals surface area contributed by atoms with Crippen molar-refractivity contribution in [2.24, 2.45) is 0 Å². The van der Waals surface area contributed by atoms with E-state index in [4.69, 9.17) is 11.6 Å². The van der Waals surface area contributed by atoms with Gasteiger partial charge in [-0.1, -0.05) is 17.7 Å². The van der Waals surface area contributed by atoms with Crippen molar-refractivity contribution in [2.75, 3.05) is 6.54 Å². The van der Waals surface area contributed by atoms with Crippen LogP contribution < -0.4 is 5.32 Å². The van der Waals surface area contributed by atoms with Gasteiger partial charge in [-0.3, -0.25) is 4.40 Å². The quantitative estimate of drug-likeness (QED) is 0.810. The van der Waals surface area contributed by atoms with Gasteiger partial charge in [0, 0.05) is 18.7 Å². The van der Waals surface area contributed by atoms with Crippen LogP contribution in [0.15, 0.2) is 24.4 Å². The average molecular weight is 236 g/mol. The van der Waals surface area contributed by atoms with E-state index in [9.17, 15) is 0 Å². The molecule has 4 heteroatoms. The topological polar surface area (TPSA) is 29.3 Å². The van der Waals surface area contributed by atoms with Crippen LogP contribution in [0.5, 0.6) is 0 Å². The summed E-state index contributed by atoms with van der Waals surface area (Å²) in [5.41, 5.74) is 2.05. The van der Waals surface area contributed by atoms with Gasteiger partial charge in [-0.25, -0.2) is 4.98 Å². The lowest BCUT2D eigenvalue weighted by Gasteiger charge is -2.06. The lowest BCUT2D eigenvalue weighted by Crippen LogP contribution is -2.23. The Labute approximate surface area is 99.4 Å². The van der Waals surface area contributed by atoms with Gasteiger partial charge >= 0.3 is 0 Å². The summed E-state index contributed by atoms with van der Waals surface area (Å²) in [7, 11) is 0. The molecule has 0 amide bonds. The minimum Gasteiger partial charge on any atom is -0.314 e. The van der Waals surface area contributed by atoms with Crippen molar-refractivity contribution in [3.63, 3.8) is 0 Å². The Kier molecular flexibility index (Phi) is 2.58. The Bertz CT molecular complexity index is 500. The van der Waals surface area contributed by atoms with Gasteiger partial charge in [0.1, 0.15) is 10.8 Å². The van der Waals surface area contributed by atoms with Crippen LogP contribution >= 0.6 is 11.6 Å². The minimum absolute atomic E-state index is 0.587. The molecule has 1 unspecified atom stereocenters. The van der Waals surface area contributed by atoms with E-state index in [0.29, 0.717) is 6.04 Å². The highest BCUT2D eigenvalue weighted by molar-refractivity contribution is 6.29. The average Bonchev–Trinajstić information content (AvgIpc) is 2.88. The first kappa shape index (κ1) is 10.1. The van der Waals surface area contributed by atoms with E-state index in [1.165, 1.54) is 12.8 Å². The van der Waals surface area contributed by atoms with E-state index in [1.807, 2.05) is 28.8 Å². The van der Waals surface area contributed by atoms with Gasteiger partial charge in [-0.2, -0.15) is 0 Å². The summed E-state index contributed by atoms with van der Waals surface area (Å²) in [5, 5.41) is 4.20. The Balaban J connectivity index is 1.90. The number of fused-ring (bicyclic) bond motifs is 1. The van der Waals surface area contributed by atoms with Gasteiger partial charge in [0.25, 0.3) is 0 Å². The molecule has 1 atom stereocenters. The molecule has 0 spiro atoms. The first-order valence-electron chi connectivity index (χ1n) is 5.69. The fraction of sp³-hybridized carbons (Fsp3) is 0.417. The summed E-state index contributed by atoms with van der Waals surface area (Å²) < 4.78 is 1.94. The summed E-state index contributed by atoms with van der Waals surface area (Å²) in [6.07, 6.45) is 5.57. The second-order valence-corrected chi connectivity index (χ2v) is 4.69. The summed E-state index contributed by atoms with van der Waals surface area (Å²) in [5.74, 6) is 0. The fourth-order valence-electron chi connectivity index (χ4n) is 2.31. The van der Waals surface area contributed by atoms with Crippen molar-refractivity contribution in [3.8, 4) is 0 Å². The summed E-state index contributed by atoms with van der Waals surface area (Å²) in [6.45, 7) is 1.14. The number of imidazole rings is 1. The lowest BCUT2D eigenvalue weighted by atomic mass is 10.1. The largest absolute Gasteiger partial charge is 0.314 e. The smallest absolute Gasteiger partial charge is 0.138 e. The second kappa shape index (κ2) is 4.07. The highest BCUT2D eigenvalue weighted by atomic mass is 35.5. The van der Waals surface area contributed by atoms with Gasteiger partial charge in [0.05, 0.1) is 5.69 Å². The normalized spacial score (nSPS) is 20.7. The molecule has 3 nitrogen and oxygen atoms in total. The number of hydrogen-bond acceptors (Lipinski definition) is 2. The molecule has 3 heterocycles. The molecule has 3 rings (SSSR count). The molecule has 1 fully saturated rings. The molecule has 0 aromatic carbocycles. The summed E-state index contributed by atoms with van der Waals surface area (Å²) >= 11 is 6.09. The maximum atomic E-state index is 6.09. The number of rotatable bonds is 2. The van der Waals surface area contributed by atoms with E-state index in [-0.39, 0.29) is 0 Å². The lowest BCUT2D eigenvalue weighted by molar-refractivity contribution is 0.597. The summed E-state index contributed by atoms with van der Waals surface area (Å²) in [6, 6.07) is 6.39.